The molecule has 3 aromatic rings. The fraction of sp³-hybridized carbons (Fsp3) is 0.379. The lowest BCUT2D eigenvalue weighted by molar-refractivity contribution is -0.120. The number of rotatable bonds is 9. The second kappa shape index (κ2) is 10.3. The van der Waals surface area contributed by atoms with Gasteiger partial charge >= 0.3 is 0 Å². The molecule has 1 aliphatic rings. The molecule has 2 aromatic carbocycles. The van der Waals surface area contributed by atoms with E-state index in [4.69, 9.17) is 5.73 Å². The first-order valence-electron chi connectivity index (χ1n) is 12.1. The van der Waals surface area contributed by atoms with Gasteiger partial charge in [0.25, 0.3) is 0 Å². The lowest BCUT2D eigenvalue weighted by Gasteiger charge is -2.28. The van der Waals surface area contributed by atoms with Gasteiger partial charge in [-0.15, -0.1) is 0 Å². The minimum absolute atomic E-state index is 0.0231. The summed E-state index contributed by atoms with van der Waals surface area (Å²) >= 11 is 0. The van der Waals surface area contributed by atoms with Gasteiger partial charge < -0.3 is 10.6 Å². The summed E-state index contributed by atoms with van der Waals surface area (Å²) in [5.41, 5.74) is 12.0. The van der Waals surface area contributed by atoms with E-state index in [-0.39, 0.29) is 23.8 Å². The molecule has 2 N–H and O–H groups in total. The molecular weight excluding hydrogens is 406 g/mol. The van der Waals surface area contributed by atoms with Crippen LogP contribution in [0.15, 0.2) is 72.9 Å². The minimum Gasteiger partial charge on any atom is -0.326 e. The van der Waals surface area contributed by atoms with Gasteiger partial charge in [0.1, 0.15) is 0 Å². The first-order chi connectivity index (χ1) is 16.0. The van der Waals surface area contributed by atoms with Gasteiger partial charge in [-0.25, -0.2) is 0 Å². The Labute approximate surface area is 197 Å². The molecule has 0 unspecified atom stereocenters. The number of carbonyl (C=O) groups excluding carboxylic acids is 1. The van der Waals surface area contributed by atoms with Crippen LogP contribution < -0.4 is 10.6 Å². The number of benzene rings is 2. The highest BCUT2D eigenvalue weighted by molar-refractivity contribution is 5.97. The van der Waals surface area contributed by atoms with E-state index in [1.54, 1.807) is 6.20 Å². The summed E-state index contributed by atoms with van der Waals surface area (Å²) in [4.78, 5) is 19.9. The molecule has 0 saturated heterocycles. The Balaban J connectivity index is 1.53. The minimum atomic E-state index is -0.0770. The van der Waals surface area contributed by atoms with Crippen molar-refractivity contribution < 1.29 is 4.79 Å². The van der Waals surface area contributed by atoms with Crippen molar-refractivity contribution in [2.24, 2.45) is 17.6 Å². The highest BCUT2D eigenvalue weighted by Gasteiger charge is 2.47. The normalized spacial score (nSPS) is 18.2. The number of nitrogens with two attached hydrogens (primary N) is 1. The quantitative estimate of drug-likeness (QED) is 0.455. The molecule has 3 atom stereocenters. The molecule has 1 saturated carbocycles. The van der Waals surface area contributed by atoms with E-state index in [1.165, 1.54) is 11.1 Å². The van der Waals surface area contributed by atoms with Crippen molar-refractivity contribution in [1.82, 2.24) is 4.98 Å². The maximum atomic E-state index is 13.5. The van der Waals surface area contributed by atoms with Gasteiger partial charge in [0.2, 0.25) is 5.91 Å². The van der Waals surface area contributed by atoms with Crippen LogP contribution in [0.25, 0.3) is 11.1 Å². The number of aryl methyl sites for hydroxylation is 1. The summed E-state index contributed by atoms with van der Waals surface area (Å²) < 4.78 is 0. The Bertz CT molecular complexity index is 1040. The van der Waals surface area contributed by atoms with Crippen LogP contribution in [0.4, 0.5) is 5.69 Å². The number of nitrogens with zero attached hydrogens (tertiary/aromatic N) is 2. The van der Waals surface area contributed by atoms with E-state index in [0.29, 0.717) is 12.5 Å². The highest BCUT2D eigenvalue weighted by Crippen LogP contribution is 2.48. The number of pyridine rings is 1. The number of anilines is 1. The van der Waals surface area contributed by atoms with E-state index in [9.17, 15) is 4.79 Å². The second-order valence-electron chi connectivity index (χ2n) is 9.55. The van der Waals surface area contributed by atoms with Crippen molar-refractivity contribution in [1.29, 1.82) is 0 Å². The molecule has 1 fully saturated rings. The van der Waals surface area contributed by atoms with Gasteiger partial charge in [-0.2, -0.15) is 0 Å². The molecule has 1 aliphatic carbocycles. The predicted molar refractivity (Wildman–Crippen MR) is 136 cm³/mol. The lowest BCUT2D eigenvalue weighted by Crippen LogP contribution is -2.44. The van der Waals surface area contributed by atoms with Gasteiger partial charge in [0.05, 0.1) is 0 Å². The molecule has 0 radical (unpaired) electrons. The number of hydrogen-bond acceptors (Lipinski definition) is 3. The van der Waals surface area contributed by atoms with Crippen LogP contribution in [0.3, 0.4) is 0 Å². The zero-order valence-corrected chi connectivity index (χ0v) is 19.9. The van der Waals surface area contributed by atoms with Gasteiger partial charge in [0.15, 0.2) is 0 Å². The first kappa shape index (κ1) is 23.2. The third kappa shape index (κ3) is 5.51. The van der Waals surface area contributed by atoms with Crippen LogP contribution in [0.5, 0.6) is 0 Å². The fourth-order valence-corrected chi connectivity index (χ4v) is 4.32. The monoisotopic (exact) mass is 441 g/mol. The summed E-state index contributed by atoms with van der Waals surface area (Å²) in [6.45, 7) is 6.93. The molecule has 0 spiro atoms. The summed E-state index contributed by atoms with van der Waals surface area (Å²) in [6, 6.07) is 22.9. The van der Waals surface area contributed by atoms with Crippen LogP contribution >= 0.6 is 0 Å². The highest BCUT2D eigenvalue weighted by atomic mass is 16.2. The largest absolute Gasteiger partial charge is 0.326 e. The van der Waals surface area contributed by atoms with E-state index in [1.807, 2.05) is 23.1 Å². The van der Waals surface area contributed by atoms with Crippen LogP contribution in [-0.4, -0.2) is 23.5 Å². The summed E-state index contributed by atoms with van der Waals surface area (Å²) in [7, 11) is 0. The number of aromatic nitrogens is 1. The molecule has 172 valence electrons. The summed E-state index contributed by atoms with van der Waals surface area (Å²) in [5.74, 6) is 0.632. The predicted octanol–water partition coefficient (Wildman–Crippen LogP) is 5.82. The Hall–Kier alpha value is -2.98. The Kier molecular flexibility index (Phi) is 7.24. The third-order valence-electron chi connectivity index (χ3n) is 6.70. The smallest absolute Gasteiger partial charge is 0.230 e. The zero-order chi connectivity index (χ0) is 23.4. The van der Waals surface area contributed by atoms with Crippen molar-refractivity contribution >= 4 is 11.6 Å². The van der Waals surface area contributed by atoms with E-state index >= 15 is 0 Å². The van der Waals surface area contributed by atoms with E-state index in [2.05, 4.69) is 74.3 Å². The van der Waals surface area contributed by atoms with Crippen LogP contribution in [-0.2, 0) is 11.2 Å². The van der Waals surface area contributed by atoms with Gasteiger partial charge in [0, 0.05) is 42.0 Å². The van der Waals surface area contributed by atoms with Crippen molar-refractivity contribution in [2.45, 2.75) is 52.0 Å². The van der Waals surface area contributed by atoms with Gasteiger partial charge in [-0.05, 0) is 59.7 Å². The molecule has 1 amide bonds. The topological polar surface area (TPSA) is 59.2 Å². The number of amides is 1. The SMILES string of the molecule is CCCc1ccc(-c2ccc(N(C[C@@H](N)C(C)C)C(=O)[C@@H]3C[C@H]3c3ccccn3)cc2)cc1. The summed E-state index contributed by atoms with van der Waals surface area (Å²) in [5, 5.41) is 0. The summed E-state index contributed by atoms with van der Waals surface area (Å²) in [6.07, 6.45) is 4.91. The van der Waals surface area contributed by atoms with Crippen molar-refractivity contribution in [3.8, 4) is 11.1 Å². The zero-order valence-electron chi connectivity index (χ0n) is 19.9. The second-order valence-corrected chi connectivity index (χ2v) is 9.55. The van der Waals surface area contributed by atoms with Crippen LogP contribution in [0.1, 0.15) is 50.8 Å². The molecule has 0 bridgehead atoms. The third-order valence-corrected chi connectivity index (χ3v) is 6.70. The molecule has 0 aliphatic heterocycles. The average molecular weight is 442 g/mol. The number of hydrogen-bond donors (Lipinski definition) is 1. The average Bonchev–Trinajstić information content (AvgIpc) is 3.64. The van der Waals surface area contributed by atoms with E-state index < -0.39 is 0 Å². The molecule has 1 heterocycles. The molecular formula is C29H35N3O. The molecule has 4 nitrogen and oxygen atoms in total. The lowest BCUT2D eigenvalue weighted by atomic mass is 10.0. The Morgan fingerprint density at radius 3 is 2.27 bits per heavy atom. The number of carbonyl (C=O) groups is 1. The standard InChI is InChI=1S/C29H35N3O/c1-4-7-21-9-11-22(12-10-21)23-13-15-24(16-14-23)32(19-27(30)20(2)3)29(33)26-18-25(26)28-8-5-6-17-31-28/h5-6,8-17,20,25-27H,4,7,18-19,30H2,1-3H3/t25-,26-,27-/m1/s1. The maximum absolute atomic E-state index is 13.5. The van der Waals surface area contributed by atoms with Crippen LogP contribution in [0, 0.1) is 11.8 Å². The molecule has 33 heavy (non-hydrogen) atoms. The van der Waals surface area contributed by atoms with Crippen molar-refractivity contribution in [2.75, 3.05) is 11.4 Å². The molecule has 1 aromatic heterocycles. The van der Waals surface area contributed by atoms with Crippen LogP contribution in [0.2, 0.25) is 0 Å². The van der Waals surface area contributed by atoms with Crippen molar-refractivity contribution in [3.05, 3.63) is 84.2 Å². The molecule has 4 heteroatoms. The fourth-order valence-electron chi connectivity index (χ4n) is 4.32. The Morgan fingerprint density at radius 2 is 1.70 bits per heavy atom. The van der Waals surface area contributed by atoms with Gasteiger partial charge in [-0.1, -0.05) is 69.7 Å². The first-order valence-corrected chi connectivity index (χ1v) is 12.1. The maximum Gasteiger partial charge on any atom is 0.230 e. The Morgan fingerprint density at radius 1 is 1.03 bits per heavy atom. The van der Waals surface area contributed by atoms with E-state index in [0.717, 1.165) is 36.2 Å². The molecule has 4 rings (SSSR count). The van der Waals surface area contributed by atoms with Crippen molar-refractivity contribution in [3.63, 3.8) is 0 Å². The van der Waals surface area contributed by atoms with Gasteiger partial charge in [-0.3, -0.25) is 9.78 Å².